The van der Waals surface area contributed by atoms with Crippen molar-refractivity contribution in [1.29, 1.82) is 0 Å². The van der Waals surface area contributed by atoms with Crippen LogP contribution in [-0.2, 0) is 9.53 Å². The van der Waals surface area contributed by atoms with Crippen molar-refractivity contribution in [2.45, 2.75) is 19.8 Å². The number of aromatic nitrogens is 1. The quantitative estimate of drug-likeness (QED) is 0.686. The van der Waals surface area contributed by atoms with E-state index in [1.54, 1.807) is 24.5 Å². The standard InChI is InChI=1S/C21H32N4O3/c1-4-28-20(27)21-8-5-11-25(19(26)17-6-9-22-10-7-17)15-18(21)14-24(16-21)13-12-23(2)3/h6-7,9-10,18H,4-5,8,11-16H2,1-3H3/t18-,21+/m1/s1. The van der Waals surface area contributed by atoms with Crippen molar-refractivity contribution < 1.29 is 14.3 Å². The molecule has 3 heterocycles. The number of rotatable bonds is 6. The molecule has 3 rings (SSSR count). The van der Waals surface area contributed by atoms with Gasteiger partial charge in [-0.15, -0.1) is 0 Å². The van der Waals surface area contributed by atoms with Crippen LogP contribution in [0.25, 0.3) is 0 Å². The van der Waals surface area contributed by atoms with Crippen LogP contribution in [0.3, 0.4) is 0 Å². The number of fused-ring (bicyclic) bond motifs is 1. The average Bonchev–Trinajstić information content (AvgIpc) is 2.94. The summed E-state index contributed by atoms with van der Waals surface area (Å²) in [7, 11) is 4.12. The monoisotopic (exact) mass is 388 g/mol. The van der Waals surface area contributed by atoms with Crippen LogP contribution in [0.1, 0.15) is 30.1 Å². The van der Waals surface area contributed by atoms with Crippen LogP contribution in [0.2, 0.25) is 0 Å². The Hall–Kier alpha value is -1.99. The molecule has 0 spiro atoms. The highest BCUT2D eigenvalue weighted by Gasteiger charge is 2.54. The molecule has 1 aromatic rings. The highest BCUT2D eigenvalue weighted by atomic mass is 16.5. The second kappa shape index (κ2) is 9.01. The SMILES string of the molecule is CCOC(=O)[C@]12CCCN(C(=O)c3ccncc3)C[C@H]1CN(CCN(C)C)C2. The maximum Gasteiger partial charge on any atom is 0.313 e. The smallest absolute Gasteiger partial charge is 0.313 e. The predicted octanol–water partition coefficient (Wildman–Crippen LogP) is 1.36. The largest absolute Gasteiger partial charge is 0.466 e. The number of likely N-dealkylation sites (tertiary alicyclic amines) is 2. The number of pyridine rings is 1. The molecule has 1 amide bonds. The minimum Gasteiger partial charge on any atom is -0.466 e. The van der Waals surface area contributed by atoms with Crippen molar-refractivity contribution >= 4 is 11.9 Å². The normalized spacial score (nSPS) is 25.4. The number of nitrogens with zero attached hydrogens (tertiary/aromatic N) is 4. The minimum absolute atomic E-state index is 0.0220. The lowest BCUT2D eigenvalue weighted by Gasteiger charge is -2.31. The first-order chi connectivity index (χ1) is 13.5. The van der Waals surface area contributed by atoms with Crippen molar-refractivity contribution in [2.75, 3.05) is 60.0 Å². The Morgan fingerprint density at radius 1 is 1.29 bits per heavy atom. The van der Waals surface area contributed by atoms with E-state index in [2.05, 4.69) is 28.9 Å². The Kier molecular flexibility index (Phi) is 6.67. The fourth-order valence-corrected chi connectivity index (χ4v) is 4.52. The predicted molar refractivity (Wildman–Crippen MR) is 107 cm³/mol. The molecule has 0 unspecified atom stereocenters. The summed E-state index contributed by atoms with van der Waals surface area (Å²) in [6.45, 7) is 6.94. The van der Waals surface area contributed by atoms with Gasteiger partial charge in [0.05, 0.1) is 12.0 Å². The molecule has 7 nitrogen and oxygen atoms in total. The highest BCUT2D eigenvalue weighted by Crippen LogP contribution is 2.43. The third-order valence-corrected chi connectivity index (χ3v) is 6.02. The Morgan fingerprint density at radius 2 is 2.04 bits per heavy atom. The molecule has 2 fully saturated rings. The van der Waals surface area contributed by atoms with Crippen molar-refractivity contribution in [3.05, 3.63) is 30.1 Å². The van der Waals surface area contributed by atoms with Crippen molar-refractivity contribution in [1.82, 2.24) is 19.7 Å². The van der Waals surface area contributed by atoms with Crippen molar-refractivity contribution in [3.63, 3.8) is 0 Å². The summed E-state index contributed by atoms with van der Waals surface area (Å²) in [6, 6.07) is 3.51. The lowest BCUT2D eigenvalue weighted by molar-refractivity contribution is -0.157. The first-order valence-electron chi connectivity index (χ1n) is 10.2. The molecule has 0 saturated carbocycles. The lowest BCUT2D eigenvalue weighted by atomic mass is 9.75. The van der Waals surface area contributed by atoms with E-state index in [-0.39, 0.29) is 17.8 Å². The lowest BCUT2D eigenvalue weighted by Crippen LogP contribution is -2.43. The van der Waals surface area contributed by atoms with E-state index < -0.39 is 5.41 Å². The Labute approximate surface area is 167 Å². The average molecular weight is 389 g/mol. The zero-order valence-electron chi connectivity index (χ0n) is 17.3. The van der Waals surface area contributed by atoms with Gasteiger partial charge in [0.2, 0.25) is 0 Å². The molecule has 0 bridgehead atoms. The number of carbonyl (C=O) groups excluding carboxylic acids is 2. The highest BCUT2D eigenvalue weighted by molar-refractivity contribution is 5.94. The van der Waals surface area contributed by atoms with Crippen LogP contribution >= 0.6 is 0 Å². The van der Waals surface area contributed by atoms with Gasteiger partial charge in [-0.25, -0.2) is 0 Å². The van der Waals surface area contributed by atoms with Gasteiger partial charge in [0.25, 0.3) is 5.91 Å². The van der Waals surface area contributed by atoms with Crippen LogP contribution in [0.15, 0.2) is 24.5 Å². The number of amides is 1. The molecule has 0 aromatic carbocycles. The molecule has 0 radical (unpaired) electrons. The molecule has 2 aliphatic heterocycles. The second-order valence-corrected chi connectivity index (χ2v) is 8.20. The summed E-state index contributed by atoms with van der Waals surface area (Å²) >= 11 is 0. The van der Waals surface area contributed by atoms with E-state index in [1.807, 2.05) is 11.8 Å². The van der Waals surface area contributed by atoms with Gasteiger partial charge in [0, 0.05) is 63.1 Å². The van der Waals surface area contributed by atoms with Gasteiger partial charge in [0.15, 0.2) is 0 Å². The Balaban J connectivity index is 1.80. The molecule has 2 atom stereocenters. The molecular weight excluding hydrogens is 356 g/mol. The third kappa shape index (κ3) is 4.36. The number of esters is 1. The third-order valence-electron chi connectivity index (χ3n) is 6.02. The summed E-state index contributed by atoms with van der Waals surface area (Å²) in [5, 5.41) is 0. The first-order valence-corrected chi connectivity index (χ1v) is 10.2. The van der Waals surface area contributed by atoms with Crippen LogP contribution < -0.4 is 0 Å². The molecule has 2 saturated heterocycles. The van der Waals surface area contributed by atoms with Gasteiger partial charge in [-0.3, -0.25) is 14.6 Å². The molecule has 0 N–H and O–H groups in total. The first kappa shape index (κ1) is 20.7. The number of likely N-dealkylation sites (N-methyl/N-ethyl adjacent to an activating group) is 1. The number of carbonyl (C=O) groups is 2. The van der Waals surface area contributed by atoms with Crippen LogP contribution in [0.5, 0.6) is 0 Å². The van der Waals surface area contributed by atoms with Gasteiger partial charge in [-0.1, -0.05) is 0 Å². The van der Waals surface area contributed by atoms with E-state index in [0.717, 1.165) is 39.0 Å². The van der Waals surface area contributed by atoms with Crippen LogP contribution in [-0.4, -0.2) is 91.5 Å². The summed E-state index contributed by atoms with van der Waals surface area (Å²) in [5.74, 6) is 0.0290. The molecule has 1 aromatic heterocycles. The van der Waals surface area contributed by atoms with Gasteiger partial charge < -0.3 is 19.4 Å². The molecule has 0 aliphatic carbocycles. The van der Waals surface area contributed by atoms with E-state index in [0.29, 0.717) is 25.3 Å². The maximum atomic E-state index is 13.0. The number of hydrogen-bond acceptors (Lipinski definition) is 6. The Bertz CT molecular complexity index is 681. The van der Waals surface area contributed by atoms with E-state index in [9.17, 15) is 9.59 Å². The zero-order chi connectivity index (χ0) is 20.1. The van der Waals surface area contributed by atoms with Gasteiger partial charge >= 0.3 is 5.97 Å². The van der Waals surface area contributed by atoms with Crippen LogP contribution in [0.4, 0.5) is 0 Å². The summed E-state index contributed by atoms with van der Waals surface area (Å²) in [5.41, 5.74) is 0.149. The molecule has 154 valence electrons. The topological polar surface area (TPSA) is 66.0 Å². The molecular formula is C21H32N4O3. The summed E-state index contributed by atoms with van der Waals surface area (Å²) in [4.78, 5) is 36.4. The number of hydrogen-bond donors (Lipinski definition) is 0. The molecule has 28 heavy (non-hydrogen) atoms. The van der Waals surface area contributed by atoms with Gasteiger partial charge in [-0.2, -0.15) is 0 Å². The Morgan fingerprint density at radius 3 is 2.71 bits per heavy atom. The molecule has 7 heteroatoms. The zero-order valence-corrected chi connectivity index (χ0v) is 17.3. The second-order valence-electron chi connectivity index (χ2n) is 8.20. The molecule has 2 aliphatic rings. The van der Waals surface area contributed by atoms with E-state index in [1.165, 1.54) is 0 Å². The summed E-state index contributed by atoms with van der Waals surface area (Å²) in [6.07, 6.45) is 4.88. The maximum absolute atomic E-state index is 13.0. The van der Waals surface area contributed by atoms with Crippen molar-refractivity contribution in [2.24, 2.45) is 11.3 Å². The van der Waals surface area contributed by atoms with E-state index >= 15 is 0 Å². The van der Waals surface area contributed by atoms with E-state index in [4.69, 9.17) is 4.74 Å². The fourth-order valence-electron chi connectivity index (χ4n) is 4.52. The summed E-state index contributed by atoms with van der Waals surface area (Å²) < 4.78 is 5.51. The van der Waals surface area contributed by atoms with Crippen molar-refractivity contribution in [3.8, 4) is 0 Å². The van der Waals surface area contributed by atoms with Gasteiger partial charge in [0.1, 0.15) is 0 Å². The minimum atomic E-state index is -0.504. The number of ether oxygens (including phenoxy) is 1. The fraction of sp³-hybridized carbons (Fsp3) is 0.667. The van der Waals surface area contributed by atoms with Crippen LogP contribution in [0, 0.1) is 11.3 Å². The van der Waals surface area contributed by atoms with Gasteiger partial charge in [-0.05, 0) is 46.0 Å².